The number of sulfonamides is 1. The van der Waals surface area contributed by atoms with Gasteiger partial charge in [0.05, 0.1) is 35.3 Å². The summed E-state index contributed by atoms with van der Waals surface area (Å²) >= 11 is 0. The molecule has 0 aliphatic carbocycles. The number of fused-ring (bicyclic) bond motifs is 1. The summed E-state index contributed by atoms with van der Waals surface area (Å²) in [6.07, 6.45) is 1.55. The highest BCUT2D eigenvalue weighted by molar-refractivity contribution is 7.92. The molecule has 0 fully saturated rings. The van der Waals surface area contributed by atoms with E-state index >= 15 is 0 Å². The van der Waals surface area contributed by atoms with Crippen LogP contribution >= 0.6 is 0 Å². The number of rotatable bonds is 8. The number of nitrogens with zero attached hydrogens (tertiary/aromatic N) is 3. The van der Waals surface area contributed by atoms with Crippen LogP contribution < -0.4 is 14.8 Å². The van der Waals surface area contributed by atoms with Crippen LogP contribution in [0.5, 0.6) is 5.75 Å². The SMILES string of the molecule is Cc1ccc(S(=O)(=O)Nc2ccc3c(c2)C(=O)N([C@@H](C)CO)C[C@@H](C)[C@@H](CN(C)C(=O)Nc2c(C)noc2C)OCCCC[C@@H](C)O3)cc1. The molecule has 3 amide bonds. The van der Waals surface area contributed by atoms with Gasteiger partial charge >= 0.3 is 6.03 Å². The smallest absolute Gasteiger partial charge is 0.321 e. The van der Waals surface area contributed by atoms with E-state index in [0.717, 1.165) is 18.4 Å². The lowest BCUT2D eigenvalue weighted by atomic mass is 10.0. The molecule has 4 rings (SSSR count). The van der Waals surface area contributed by atoms with Crippen molar-refractivity contribution < 1.29 is 37.1 Å². The summed E-state index contributed by atoms with van der Waals surface area (Å²) in [6, 6.07) is 10.2. The number of carbonyl (C=O) groups is 2. The van der Waals surface area contributed by atoms with Gasteiger partial charge in [-0.2, -0.15) is 0 Å². The number of carbonyl (C=O) groups excluding carboxylic acids is 2. The molecule has 0 bridgehead atoms. The van der Waals surface area contributed by atoms with E-state index in [-0.39, 0.29) is 53.9 Å². The fourth-order valence-electron chi connectivity index (χ4n) is 5.60. The van der Waals surface area contributed by atoms with Gasteiger partial charge in [0.15, 0.2) is 5.76 Å². The molecule has 0 radical (unpaired) electrons. The minimum atomic E-state index is -3.94. The average molecular weight is 700 g/mol. The predicted octanol–water partition coefficient (Wildman–Crippen LogP) is 5.36. The molecule has 2 heterocycles. The molecule has 14 heteroatoms. The Bertz CT molecular complexity index is 1670. The summed E-state index contributed by atoms with van der Waals surface area (Å²) < 4.78 is 46.8. The second-order valence-electron chi connectivity index (χ2n) is 12.9. The van der Waals surface area contributed by atoms with E-state index in [1.807, 2.05) is 20.8 Å². The molecule has 3 aromatic rings. The minimum Gasteiger partial charge on any atom is -0.490 e. The molecule has 0 unspecified atom stereocenters. The lowest BCUT2D eigenvalue weighted by Crippen LogP contribution is -2.48. The molecule has 0 saturated heterocycles. The lowest BCUT2D eigenvalue weighted by molar-refractivity contribution is -0.0115. The molecule has 1 aromatic heterocycles. The van der Waals surface area contributed by atoms with Gasteiger partial charge in [-0.15, -0.1) is 0 Å². The Hall–Kier alpha value is -4.14. The fourth-order valence-corrected chi connectivity index (χ4v) is 6.65. The molecule has 0 saturated carbocycles. The first-order valence-corrected chi connectivity index (χ1v) is 18.1. The number of hydrogen-bond donors (Lipinski definition) is 3. The Kier molecular flexibility index (Phi) is 12.7. The molecule has 1 aliphatic rings. The van der Waals surface area contributed by atoms with Gasteiger partial charge < -0.3 is 34.2 Å². The van der Waals surface area contributed by atoms with E-state index in [4.69, 9.17) is 14.0 Å². The molecule has 13 nitrogen and oxygen atoms in total. The van der Waals surface area contributed by atoms with Crippen molar-refractivity contribution in [1.29, 1.82) is 0 Å². The van der Waals surface area contributed by atoms with Crippen LogP contribution in [0.15, 0.2) is 51.9 Å². The Labute approximate surface area is 289 Å². The summed E-state index contributed by atoms with van der Waals surface area (Å²) in [5.74, 6) is 0.104. The van der Waals surface area contributed by atoms with Crippen LogP contribution in [0.4, 0.5) is 16.2 Å². The topological polar surface area (TPSA) is 164 Å². The first-order valence-electron chi connectivity index (χ1n) is 16.6. The molecule has 2 aromatic carbocycles. The third kappa shape index (κ3) is 9.73. The number of aryl methyl sites for hydroxylation is 3. The van der Waals surface area contributed by atoms with Crippen molar-refractivity contribution in [2.45, 2.75) is 84.0 Å². The number of amides is 3. The van der Waals surface area contributed by atoms with E-state index in [0.29, 0.717) is 35.9 Å². The Morgan fingerprint density at radius 3 is 2.49 bits per heavy atom. The number of aromatic nitrogens is 1. The molecule has 1 aliphatic heterocycles. The highest BCUT2D eigenvalue weighted by Crippen LogP contribution is 2.30. The highest BCUT2D eigenvalue weighted by Gasteiger charge is 2.31. The van der Waals surface area contributed by atoms with E-state index in [9.17, 15) is 23.1 Å². The standard InChI is InChI=1S/C35H49N5O8S/c1-22-11-14-29(15-12-22)49(44,45)38-28-13-16-31-30(18-28)34(42)40(24(3)21-41)19-23(2)32(46-17-9-8-10-25(4)47-31)20-39(7)35(43)36-33-26(5)37-48-27(33)6/h11-16,18,23-25,32,38,41H,8-10,17,19-21H2,1-7H3,(H,36,43)/t23-,24+,25-,32-/m1/s1. The van der Waals surface area contributed by atoms with E-state index < -0.39 is 28.1 Å². The molecule has 4 atom stereocenters. The fraction of sp³-hybridized carbons (Fsp3) is 0.514. The number of ether oxygens (including phenoxy) is 2. The lowest BCUT2D eigenvalue weighted by Gasteiger charge is -2.35. The van der Waals surface area contributed by atoms with E-state index in [1.165, 1.54) is 23.1 Å². The quantitative estimate of drug-likeness (QED) is 0.281. The van der Waals surface area contributed by atoms with Crippen LogP contribution in [-0.2, 0) is 14.8 Å². The number of aliphatic hydroxyl groups excluding tert-OH is 1. The van der Waals surface area contributed by atoms with E-state index in [2.05, 4.69) is 15.2 Å². The zero-order valence-corrected chi connectivity index (χ0v) is 30.2. The van der Waals surface area contributed by atoms with Crippen LogP contribution in [0.2, 0.25) is 0 Å². The van der Waals surface area contributed by atoms with Crippen LogP contribution in [-0.4, -0.2) is 92.0 Å². The van der Waals surface area contributed by atoms with Crippen molar-refractivity contribution in [2.24, 2.45) is 5.92 Å². The Morgan fingerprint density at radius 1 is 1.12 bits per heavy atom. The monoisotopic (exact) mass is 699 g/mol. The van der Waals surface area contributed by atoms with Gasteiger partial charge in [0.2, 0.25) is 0 Å². The maximum atomic E-state index is 14.4. The molecule has 49 heavy (non-hydrogen) atoms. The molecule has 268 valence electrons. The number of urea groups is 1. The highest BCUT2D eigenvalue weighted by atomic mass is 32.2. The maximum Gasteiger partial charge on any atom is 0.321 e. The number of nitrogens with one attached hydrogen (secondary N) is 2. The third-order valence-corrected chi connectivity index (χ3v) is 10.1. The van der Waals surface area contributed by atoms with E-state index in [1.54, 1.807) is 57.0 Å². The molecular formula is C35H49N5O8S. The summed E-state index contributed by atoms with van der Waals surface area (Å²) in [4.78, 5) is 30.7. The van der Waals surface area contributed by atoms with Gasteiger partial charge in [-0.05, 0) is 84.2 Å². The molecule has 3 N–H and O–H groups in total. The van der Waals surface area contributed by atoms with Crippen molar-refractivity contribution in [3.63, 3.8) is 0 Å². The molecule has 0 spiro atoms. The number of anilines is 2. The maximum absolute atomic E-state index is 14.4. The van der Waals surface area contributed by atoms with Gasteiger partial charge in [0.1, 0.15) is 17.1 Å². The van der Waals surface area contributed by atoms with Crippen molar-refractivity contribution in [3.8, 4) is 5.75 Å². The van der Waals surface area contributed by atoms with Crippen molar-refractivity contribution in [1.82, 2.24) is 15.0 Å². The van der Waals surface area contributed by atoms with Gasteiger partial charge in [0, 0.05) is 38.3 Å². The molecular weight excluding hydrogens is 650 g/mol. The van der Waals surface area contributed by atoms with Gasteiger partial charge in [0.25, 0.3) is 15.9 Å². The number of aliphatic hydroxyl groups is 1. The van der Waals surface area contributed by atoms with Crippen molar-refractivity contribution >= 4 is 33.3 Å². The van der Waals surface area contributed by atoms with Gasteiger partial charge in [-0.25, -0.2) is 13.2 Å². The van der Waals surface area contributed by atoms with Crippen LogP contribution in [0.1, 0.15) is 67.4 Å². The zero-order chi connectivity index (χ0) is 35.9. The first-order chi connectivity index (χ1) is 23.2. The second-order valence-corrected chi connectivity index (χ2v) is 14.6. The average Bonchev–Trinajstić information content (AvgIpc) is 3.38. The summed E-state index contributed by atoms with van der Waals surface area (Å²) in [5.41, 5.74) is 2.37. The largest absolute Gasteiger partial charge is 0.490 e. The normalized spacial score (nSPS) is 20.0. The van der Waals surface area contributed by atoms with Crippen LogP contribution in [0.25, 0.3) is 0 Å². The second kappa shape index (κ2) is 16.5. The number of likely N-dealkylation sites (N-methyl/N-ethyl adjacent to an activating group) is 1. The Morgan fingerprint density at radius 2 is 1.84 bits per heavy atom. The summed E-state index contributed by atoms with van der Waals surface area (Å²) in [5, 5.41) is 17.0. The summed E-state index contributed by atoms with van der Waals surface area (Å²) in [6.45, 7) is 11.5. The first kappa shape index (κ1) is 37.7. The number of benzene rings is 2. The number of hydrogen-bond acceptors (Lipinski definition) is 9. The van der Waals surface area contributed by atoms with Crippen LogP contribution in [0.3, 0.4) is 0 Å². The van der Waals surface area contributed by atoms with Crippen molar-refractivity contribution in [3.05, 3.63) is 65.0 Å². The summed E-state index contributed by atoms with van der Waals surface area (Å²) in [7, 11) is -2.27. The van der Waals surface area contributed by atoms with Crippen LogP contribution in [0, 0.1) is 26.7 Å². The third-order valence-electron chi connectivity index (χ3n) is 8.70. The van der Waals surface area contributed by atoms with Gasteiger partial charge in [-0.3, -0.25) is 9.52 Å². The van der Waals surface area contributed by atoms with Gasteiger partial charge in [-0.1, -0.05) is 29.8 Å². The minimum absolute atomic E-state index is 0.0927. The van der Waals surface area contributed by atoms with Crippen molar-refractivity contribution in [2.75, 3.05) is 43.4 Å². The Balaban J connectivity index is 1.63. The zero-order valence-electron chi connectivity index (χ0n) is 29.4. The predicted molar refractivity (Wildman–Crippen MR) is 186 cm³/mol.